The summed E-state index contributed by atoms with van der Waals surface area (Å²) in [6.07, 6.45) is 3.77. The summed E-state index contributed by atoms with van der Waals surface area (Å²) >= 11 is 0. The monoisotopic (exact) mass is 298 g/mol. The summed E-state index contributed by atoms with van der Waals surface area (Å²) < 4.78 is 2.32. The molecule has 118 valence electrons. The molecule has 2 N–H and O–H groups in total. The molecule has 0 aliphatic heterocycles. The lowest BCUT2D eigenvalue weighted by Gasteiger charge is -2.19. The van der Waals surface area contributed by atoms with Gasteiger partial charge in [0.2, 0.25) is 0 Å². The van der Waals surface area contributed by atoms with Crippen molar-refractivity contribution in [2.75, 3.05) is 0 Å². The second kappa shape index (κ2) is 6.67. The minimum Gasteiger partial charge on any atom is -0.391 e. The van der Waals surface area contributed by atoms with E-state index in [4.69, 9.17) is 0 Å². The maximum Gasteiger partial charge on any atom is 0.0775 e. The average Bonchev–Trinajstić information content (AvgIpc) is 3.06. The third-order valence-electron chi connectivity index (χ3n) is 4.58. The molecule has 0 fully saturated rings. The topological polar surface area (TPSA) is 37.2 Å². The third-order valence-corrected chi connectivity index (χ3v) is 4.58. The Bertz CT molecular complexity index is 617. The first kappa shape index (κ1) is 15.3. The van der Waals surface area contributed by atoms with Gasteiger partial charge in [-0.05, 0) is 35.6 Å². The van der Waals surface area contributed by atoms with Crippen LogP contribution in [0.1, 0.15) is 43.1 Å². The number of hydrogen-bond acceptors (Lipinski definition) is 2. The molecule has 0 spiro atoms. The predicted molar refractivity (Wildman–Crippen MR) is 89.6 cm³/mol. The summed E-state index contributed by atoms with van der Waals surface area (Å²) in [5.74, 6) is 0.715. The summed E-state index contributed by atoms with van der Waals surface area (Å²) in [5, 5.41) is 13.9. The molecule has 3 rings (SSSR count). The first-order chi connectivity index (χ1) is 10.6. The highest BCUT2D eigenvalue weighted by Crippen LogP contribution is 2.31. The first-order valence-corrected chi connectivity index (χ1v) is 8.28. The summed E-state index contributed by atoms with van der Waals surface area (Å²) in [7, 11) is 0. The minimum atomic E-state index is -0.323. The number of nitrogens with one attached hydrogen (secondary N) is 1. The van der Waals surface area contributed by atoms with Crippen molar-refractivity contribution in [1.82, 2.24) is 9.88 Å². The van der Waals surface area contributed by atoms with Gasteiger partial charge >= 0.3 is 0 Å². The first-order valence-electron chi connectivity index (χ1n) is 8.28. The van der Waals surface area contributed by atoms with E-state index in [0.29, 0.717) is 5.92 Å². The van der Waals surface area contributed by atoms with E-state index in [1.165, 1.54) is 23.2 Å². The lowest BCUT2D eigenvalue weighted by Crippen LogP contribution is -2.29. The zero-order valence-corrected chi connectivity index (χ0v) is 13.5. The molecule has 2 atom stereocenters. The summed E-state index contributed by atoms with van der Waals surface area (Å²) in [6.45, 7) is 6.37. The van der Waals surface area contributed by atoms with Crippen molar-refractivity contribution in [3.8, 4) is 0 Å². The van der Waals surface area contributed by atoms with Crippen LogP contribution in [-0.2, 0) is 19.5 Å². The molecule has 1 aromatic carbocycles. The molecular formula is C19H26N2O. The van der Waals surface area contributed by atoms with Gasteiger partial charge in [0.15, 0.2) is 0 Å². The minimum absolute atomic E-state index is 0.0460. The van der Waals surface area contributed by atoms with Crippen molar-refractivity contribution in [2.45, 2.75) is 51.9 Å². The van der Waals surface area contributed by atoms with Crippen LogP contribution in [0.25, 0.3) is 0 Å². The molecule has 0 unspecified atom stereocenters. The van der Waals surface area contributed by atoms with E-state index >= 15 is 0 Å². The number of aliphatic hydroxyl groups excluding tert-OH is 1. The zero-order chi connectivity index (χ0) is 15.5. The van der Waals surface area contributed by atoms with Crippen molar-refractivity contribution >= 4 is 0 Å². The van der Waals surface area contributed by atoms with Gasteiger partial charge in [0.25, 0.3) is 0 Å². The van der Waals surface area contributed by atoms with Crippen molar-refractivity contribution < 1.29 is 5.11 Å². The molecule has 0 saturated carbocycles. The Morgan fingerprint density at radius 2 is 2.05 bits per heavy atom. The summed E-state index contributed by atoms with van der Waals surface area (Å²) in [4.78, 5) is 0. The molecule has 1 heterocycles. The molecule has 3 nitrogen and oxygen atoms in total. The fourth-order valence-corrected chi connectivity index (χ4v) is 3.26. The van der Waals surface area contributed by atoms with Crippen LogP contribution in [0.5, 0.6) is 0 Å². The Hall–Kier alpha value is -1.58. The van der Waals surface area contributed by atoms with E-state index in [-0.39, 0.29) is 12.1 Å². The molecule has 0 saturated heterocycles. The Balaban J connectivity index is 1.65. The number of nitrogens with zero attached hydrogens (tertiary/aromatic N) is 1. The van der Waals surface area contributed by atoms with Gasteiger partial charge in [-0.2, -0.15) is 0 Å². The standard InChI is InChI=1S/C19H26N2O/c1-14(2)9-11-21-10-5-7-16(21)13-20-19-17-8-4-3-6-15(17)12-18(19)22/h3-8,10,14,18-20,22H,9,11-13H2,1-2H3/t18-,19+/m0/s1. The van der Waals surface area contributed by atoms with Gasteiger partial charge in [0, 0.05) is 31.4 Å². The number of fused-ring (bicyclic) bond motifs is 1. The molecule has 3 heteroatoms. The number of aromatic nitrogens is 1. The second-order valence-electron chi connectivity index (χ2n) is 6.70. The summed E-state index contributed by atoms with van der Waals surface area (Å²) in [6, 6.07) is 12.7. The van der Waals surface area contributed by atoms with Gasteiger partial charge in [-0.25, -0.2) is 0 Å². The highest BCUT2D eigenvalue weighted by molar-refractivity contribution is 5.36. The Labute approximate surface area is 133 Å². The number of benzene rings is 1. The van der Waals surface area contributed by atoms with E-state index in [1.807, 2.05) is 6.07 Å². The van der Waals surface area contributed by atoms with E-state index in [1.54, 1.807) is 0 Å². The molecule has 0 bridgehead atoms. The van der Waals surface area contributed by atoms with Crippen LogP contribution in [0.4, 0.5) is 0 Å². The molecule has 0 amide bonds. The van der Waals surface area contributed by atoms with Crippen LogP contribution >= 0.6 is 0 Å². The number of rotatable bonds is 6. The molecule has 22 heavy (non-hydrogen) atoms. The lowest BCUT2D eigenvalue weighted by atomic mass is 10.1. The van der Waals surface area contributed by atoms with E-state index in [0.717, 1.165) is 19.5 Å². The van der Waals surface area contributed by atoms with Crippen LogP contribution in [0.2, 0.25) is 0 Å². The van der Waals surface area contributed by atoms with Crippen LogP contribution in [0, 0.1) is 5.92 Å². The smallest absolute Gasteiger partial charge is 0.0775 e. The van der Waals surface area contributed by atoms with E-state index < -0.39 is 0 Å². The van der Waals surface area contributed by atoms with Crippen LogP contribution in [0.3, 0.4) is 0 Å². The zero-order valence-electron chi connectivity index (χ0n) is 13.5. The van der Waals surface area contributed by atoms with Crippen LogP contribution in [-0.4, -0.2) is 15.8 Å². The van der Waals surface area contributed by atoms with Crippen molar-refractivity contribution in [3.05, 3.63) is 59.4 Å². The maximum absolute atomic E-state index is 10.3. The SMILES string of the molecule is CC(C)CCn1cccc1CN[C@@H]1c2ccccc2C[C@@H]1O. The largest absolute Gasteiger partial charge is 0.391 e. The molecular weight excluding hydrogens is 272 g/mol. The Kier molecular flexibility index (Phi) is 4.65. The molecule has 1 aromatic heterocycles. The van der Waals surface area contributed by atoms with Gasteiger partial charge < -0.3 is 15.0 Å². The normalized spacial score (nSPS) is 20.5. The van der Waals surface area contributed by atoms with Crippen molar-refractivity contribution in [2.24, 2.45) is 5.92 Å². The number of hydrogen-bond donors (Lipinski definition) is 2. The number of aliphatic hydroxyl groups is 1. The second-order valence-corrected chi connectivity index (χ2v) is 6.70. The van der Waals surface area contributed by atoms with Crippen molar-refractivity contribution in [1.29, 1.82) is 0 Å². The Morgan fingerprint density at radius 1 is 1.23 bits per heavy atom. The fraction of sp³-hybridized carbons (Fsp3) is 0.474. The highest BCUT2D eigenvalue weighted by Gasteiger charge is 2.30. The van der Waals surface area contributed by atoms with Gasteiger partial charge in [0.1, 0.15) is 0 Å². The van der Waals surface area contributed by atoms with Gasteiger partial charge in [-0.3, -0.25) is 0 Å². The number of aryl methyl sites for hydroxylation is 1. The van der Waals surface area contributed by atoms with Crippen molar-refractivity contribution in [3.63, 3.8) is 0 Å². The van der Waals surface area contributed by atoms with E-state index in [2.05, 4.69) is 60.3 Å². The molecule has 2 aromatic rings. The molecule has 0 radical (unpaired) electrons. The van der Waals surface area contributed by atoms with Crippen LogP contribution < -0.4 is 5.32 Å². The lowest BCUT2D eigenvalue weighted by molar-refractivity contribution is 0.140. The van der Waals surface area contributed by atoms with Crippen LogP contribution in [0.15, 0.2) is 42.6 Å². The van der Waals surface area contributed by atoms with Gasteiger partial charge in [0.05, 0.1) is 12.1 Å². The fourth-order valence-electron chi connectivity index (χ4n) is 3.26. The molecule has 1 aliphatic rings. The Morgan fingerprint density at radius 3 is 2.86 bits per heavy atom. The van der Waals surface area contributed by atoms with Gasteiger partial charge in [-0.1, -0.05) is 38.1 Å². The van der Waals surface area contributed by atoms with E-state index in [9.17, 15) is 5.11 Å². The van der Waals surface area contributed by atoms with Gasteiger partial charge in [-0.15, -0.1) is 0 Å². The maximum atomic E-state index is 10.3. The third kappa shape index (κ3) is 3.26. The average molecular weight is 298 g/mol. The predicted octanol–water partition coefficient (Wildman–Crippen LogP) is 3.28. The quantitative estimate of drug-likeness (QED) is 0.859. The molecule has 1 aliphatic carbocycles. The highest BCUT2D eigenvalue weighted by atomic mass is 16.3. The summed E-state index contributed by atoms with van der Waals surface area (Å²) in [5.41, 5.74) is 3.80.